The molecule has 25 heavy (non-hydrogen) atoms. The Morgan fingerprint density at radius 3 is 2.76 bits per heavy atom. The summed E-state index contributed by atoms with van der Waals surface area (Å²) in [5.41, 5.74) is 6.82. The quantitative estimate of drug-likeness (QED) is 0.564. The average molecular weight is 383 g/mol. The maximum Gasteiger partial charge on any atom is 0.211 e. The van der Waals surface area contributed by atoms with Gasteiger partial charge in [0, 0.05) is 45.3 Å². The molecule has 8 nitrogen and oxygen atoms in total. The number of fused-ring (bicyclic) bond motifs is 1. The van der Waals surface area contributed by atoms with E-state index in [0.29, 0.717) is 31.3 Å². The highest BCUT2D eigenvalue weighted by Gasteiger charge is 2.25. The van der Waals surface area contributed by atoms with Crippen molar-refractivity contribution in [2.24, 2.45) is 5.10 Å². The molecule has 1 aromatic heterocycles. The van der Waals surface area contributed by atoms with Crippen LogP contribution in [0.2, 0.25) is 0 Å². The van der Waals surface area contributed by atoms with Gasteiger partial charge in [-0.1, -0.05) is 0 Å². The van der Waals surface area contributed by atoms with Crippen LogP contribution in [-0.2, 0) is 10.0 Å². The number of hydrogen-bond acceptors (Lipinski definition) is 6. The van der Waals surface area contributed by atoms with Gasteiger partial charge in [-0.3, -0.25) is 10.4 Å². The molecule has 0 unspecified atom stereocenters. The van der Waals surface area contributed by atoms with E-state index in [-0.39, 0.29) is 0 Å². The molecule has 2 N–H and O–H groups in total. The van der Waals surface area contributed by atoms with E-state index in [1.165, 1.54) is 10.6 Å². The molecule has 136 valence electrons. The highest BCUT2D eigenvalue weighted by atomic mass is 32.2. The third kappa shape index (κ3) is 4.07. The zero-order valence-corrected chi connectivity index (χ0v) is 16.0. The Morgan fingerprint density at radius 2 is 2.08 bits per heavy atom. The number of aromatic nitrogens is 1. The Bertz CT molecular complexity index is 800. The molecular formula is C15H22N6O2S2. The topological polar surface area (TPSA) is 89.9 Å². The number of thiocarbonyl (C=S) groups is 1. The minimum atomic E-state index is -3.14. The van der Waals surface area contributed by atoms with Gasteiger partial charge in [0.2, 0.25) is 10.0 Å². The summed E-state index contributed by atoms with van der Waals surface area (Å²) in [6.07, 6.45) is 3.77. The fraction of sp³-hybridized carbons (Fsp3) is 0.533. The fourth-order valence-corrected chi connectivity index (χ4v) is 4.00. The van der Waals surface area contributed by atoms with Crippen molar-refractivity contribution in [2.45, 2.75) is 13.3 Å². The summed E-state index contributed by atoms with van der Waals surface area (Å²) in [7, 11) is -3.14. The molecule has 1 fully saturated rings. The Hall–Kier alpha value is -1.78. The molecule has 0 saturated carbocycles. The molecule has 1 saturated heterocycles. The maximum absolute atomic E-state index is 11.6. The molecule has 2 aliphatic rings. The summed E-state index contributed by atoms with van der Waals surface area (Å²) in [6, 6.07) is 1.97. The number of nitrogens with one attached hydrogen (secondary N) is 2. The lowest BCUT2D eigenvalue weighted by Crippen LogP contribution is -2.52. The van der Waals surface area contributed by atoms with Crippen LogP contribution in [0.4, 0.5) is 5.69 Å². The van der Waals surface area contributed by atoms with E-state index in [1.807, 2.05) is 17.9 Å². The first-order valence-corrected chi connectivity index (χ1v) is 10.4. The van der Waals surface area contributed by atoms with Gasteiger partial charge in [-0.05, 0) is 30.8 Å². The summed E-state index contributed by atoms with van der Waals surface area (Å²) in [5, 5.41) is 8.32. The highest BCUT2D eigenvalue weighted by molar-refractivity contribution is 7.88. The summed E-state index contributed by atoms with van der Waals surface area (Å²) >= 11 is 5.40. The Kier molecular flexibility index (Phi) is 5.21. The standard InChI is InChI=1S/C15H22N6O2S2/c1-11-3-5-17-14-12(4-6-16-13(11)14)18-19-15(24)20-7-9-21(10-8-20)25(2,22)23/h3,5,16H,4,6-10H2,1-2H3,(H,19,24)/b18-12-. The normalized spacial score (nSPS) is 20.1. The second-order valence-corrected chi connectivity index (χ2v) is 8.52. The van der Waals surface area contributed by atoms with E-state index in [9.17, 15) is 8.42 Å². The van der Waals surface area contributed by atoms with Crippen LogP contribution in [0.15, 0.2) is 17.4 Å². The largest absolute Gasteiger partial charge is 0.383 e. The first-order chi connectivity index (χ1) is 11.9. The van der Waals surface area contributed by atoms with Crippen molar-refractivity contribution < 1.29 is 8.42 Å². The Morgan fingerprint density at radius 1 is 1.36 bits per heavy atom. The second kappa shape index (κ2) is 7.22. The molecule has 2 aliphatic heterocycles. The van der Waals surface area contributed by atoms with Gasteiger partial charge in [0.15, 0.2) is 5.11 Å². The summed E-state index contributed by atoms with van der Waals surface area (Å²) in [5.74, 6) is 0. The molecule has 0 bridgehead atoms. The van der Waals surface area contributed by atoms with E-state index < -0.39 is 10.0 Å². The number of rotatable bonds is 2. The molecule has 3 rings (SSSR count). The smallest absolute Gasteiger partial charge is 0.211 e. The minimum absolute atomic E-state index is 0.435. The SMILES string of the molecule is Cc1ccnc2c1NCC/C2=N/NC(=S)N1CCN(S(C)(=O)=O)CC1. The van der Waals surface area contributed by atoms with Crippen molar-refractivity contribution >= 4 is 38.8 Å². The summed E-state index contributed by atoms with van der Waals surface area (Å²) in [6.45, 7) is 4.82. The zero-order chi connectivity index (χ0) is 18.0. The minimum Gasteiger partial charge on any atom is -0.383 e. The van der Waals surface area contributed by atoms with Crippen LogP contribution in [0.25, 0.3) is 0 Å². The predicted molar refractivity (Wildman–Crippen MR) is 102 cm³/mol. The van der Waals surface area contributed by atoms with Gasteiger partial charge >= 0.3 is 0 Å². The monoisotopic (exact) mass is 382 g/mol. The number of nitrogens with zero attached hydrogens (tertiary/aromatic N) is 4. The zero-order valence-electron chi connectivity index (χ0n) is 14.3. The van der Waals surface area contributed by atoms with Crippen molar-refractivity contribution in [1.29, 1.82) is 0 Å². The highest BCUT2D eigenvalue weighted by Crippen LogP contribution is 2.23. The molecule has 10 heteroatoms. The van der Waals surface area contributed by atoms with Crippen molar-refractivity contribution in [3.63, 3.8) is 0 Å². The van der Waals surface area contributed by atoms with Crippen LogP contribution in [0, 0.1) is 6.92 Å². The van der Waals surface area contributed by atoms with Gasteiger partial charge in [-0.2, -0.15) is 9.41 Å². The molecule has 0 amide bonds. The Labute approximate surface area is 153 Å². The number of sulfonamides is 1. The molecular weight excluding hydrogens is 360 g/mol. The molecule has 0 aromatic carbocycles. The van der Waals surface area contributed by atoms with E-state index in [0.717, 1.165) is 35.6 Å². The second-order valence-electron chi connectivity index (χ2n) is 6.15. The molecule has 0 spiro atoms. The first-order valence-electron chi connectivity index (χ1n) is 8.12. The predicted octanol–water partition coefficient (Wildman–Crippen LogP) is 0.361. The van der Waals surface area contributed by atoms with Gasteiger partial charge in [0.25, 0.3) is 0 Å². The van der Waals surface area contributed by atoms with Crippen LogP contribution in [-0.4, -0.2) is 72.4 Å². The van der Waals surface area contributed by atoms with E-state index in [4.69, 9.17) is 12.2 Å². The number of hydrazone groups is 1. The molecule has 0 aliphatic carbocycles. The lowest BCUT2D eigenvalue weighted by molar-refractivity contribution is 0.265. The third-order valence-electron chi connectivity index (χ3n) is 4.38. The van der Waals surface area contributed by atoms with Crippen molar-refractivity contribution in [3.8, 4) is 0 Å². The first kappa shape index (κ1) is 18.0. The van der Waals surface area contributed by atoms with Gasteiger partial charge in [0.1, 0.15) is 5.69 Å². The lowest BCUT2D eigenvalue weighted by atomic mass is 10.0. The van der Waals surface area contributed by atoms with Gasteiger partial charge in [-0.15, -0.1) is 0 Å². The number of piperazine rings is 1. The third-order valence-corrected chi connectivity index (χ3v) is 6.03. The van der Waals surface area contributed by atoms with Gasteiger partial charge in [-0.25, -0.2) is 8.42 Å². The van der Waals surface area contributed by atoms with Gasteiger partial charge < -0.3 is 10.2 Å². The lowest BCUT2D eigenvalue weighted by Gasteiger charge is -2.34. The van der Waals surface area contributed by atoms with Gasteiger partial charge in [0.05, 0.1) is 17.7 Å². The number of aryl methyl sites for hydroxylation is 1. The van der Waals surface area contributed by atoms with Crippen LogP contribution >= 0.6 is 12.2 Å². The summed E-state index contributed by atoms with van der Waals surface area (Å²) < 4.78 is 24.6. The van der Waals surface area contributed by atoms with E-state index in [2.05, 4.69) is 20.8 Å². The number of hydrogen-bond donors (Lipinski definition) is 2. The summed E-state index contributed by atoms with van der Waals surface area (Å²) in [4.78, 5) is 6.36. The van der Waals surface area contributed by atoms with Crippen LogP contribution in [0.5, 0.6) is 0 Å². The van der Waals surface area contributed by atoms with E-state index in [1.54, 1.807) is 6.20 Å². The fourth-order valence-electron chi connectivity index (χ4n) is 2.94. The molecule has 0 atom stereocenters. The van der Waals surface area contributed by atoms with Crippen LogP contribution in [0.3, 0.4) is 0 Å². The van der Waals surface area contributed by atoms with Crippen molar-refractivity contribution in [1.82, 2.24) is 19.6 Å². The molecule has 1 aromatic rings. The number of anilines is 1. The number of pyridine rings is 1. The van der Waals surface area contributed by atoms with E-state index >= 15 is 0 Å². The maximum atomic E-state index is 11.6. The van der Waals surface area contributed by atoms with Crippen molar-refractivity contribution in [2.75, 3.05) is 44.3 Å². The molecule has 3 heterocycles. The van der Waals surface area contributed by atoms with Crippen LogP contribution < -0.4 is 10.7 Å². The molecule has 0 radical (unpaired) electrons. The average Bonchev–Trinajstić information content (AvgIpc) is 2.59. The Balaban J connectivity index is 1.64. The van der Waals surface area contributed by atoms with Crippen molar-refractivity contribution in [3.05, 3.63) is 23.5 Å². The van der Waals surface area contributed by atoms with Crippen LogP contribution in [0.1, 0.15) is 17.7 Å².